The zero-order chi connectivity index (χ0) is 25.4. The highest BCUT2D eigenvalue weighted by molar-refractivity contribution is 4.97. The Morgan fingerprint density at radius 3 is 1.79 bits per heavy atom. The lowest BCUT2D eigenvalue weighted by atomic mass is 9.97. The maximum atomic E-state index is 10.5. The summed E-state index contributed by atoms with van der Waals surface area (Å²) >= 11 is 0. The summed E-state index contributed by atoms with van der Waals surface area (Å²) in [6.07, 6.45) is -21.2. The molecule has 6 unspecified atom stereocenters. The molecular weight excluding hydrogens is 472 g/mol. The summed E-state index contributed by atoms with van der Waals surface area (Å²) in [4.78, 5) is 0. The first-order valence-electron chi connectivity index (χ1n) is 10.6. The molecule has 0 aromatic carbocycles. The molecule has 200 valence electrons. The fraction of sp³-hybridized carbons (Fsp3) is 1.00. The fourth-order valence-corrected chi connectivity index (χ4v) is 4.02. The van der Waals surface area contributed by atoms with Crippen LogP contribution in [0.5, 0.6) is 0 Å². The molecular formula is C18H32O16. The van der Waals surface area contributed by atoms with Gasteiger partial charge in [-0.15, -0.1) is 0 Å². The van der Waals surface area contributed by atoms with Crippen molar-refractivity contribution in [3.8, 4) is 0 Å². The van der Waals surface area contributed by atoms with Gasteiger partial charge in [0.05, 0.1) is 26.4 Å². The molecule has 3 aliphatic heterocycles. The van der Waals surface area contributed by atoms with E-state index >= 15 is 0 Å². The van der Waals surface area contributed by atoms with E-state index in [1.165, 1.54) is 0 Å². The molecule has 14 atom stereocenters. The Kier molecular flexibility index (Phi) is 9.18. The van der Waals surface area contributed by atoms with Gasteiger partial charge >= 0.3 is 0 Å². The molecule has 16 nitrogen and oxygen atoms in total. The van der Waals surface area contributed by atoms with E-state index in [2.05, 4.69) is 0 Å². The topological polar surface area (TPSA) is 269 Å². The molecule has 0 radical (unpaired) electrons. The minimum Gasteiger partial charge on any atom is -0.394 e. The van der Waals surface area contributed by atoms with Crippen LogP contribution in [-0.4, -0.2) is 168 Å². The van der Waals surface area contributed by atoms with E-state index < -0.39 is 112 Å². The number of hydrogen-bond donors (Lipinski definition) is 11. The Bertz CT molecular complexity index is 651. The molecule has 11 N–H and O–H groups in total. The molecule has 3 rings (SSSR count). The van der Waals surface area contributed by atoms with Crippen LogP contribution >= 0.6 is 0 Å². The van der Waals surface area contributed by atoms with E-state index in [0.29, 0.717) is 0 Å². The third kappa shape index (κ3) is 5.23. The second-order valence-corrected chi connectivity index (χ2v) is 8.43. The van der Waals surface area contributed by atoms with Gasteiger partial charge in [0, 0.05) is 0 Å². The Morgan fingerprint density at radius 2 is 1.24 bits per heavy atom. The standard InChI is InChI=1S/C18H32O16/c19-1-5-8(22)10(24)12(26)17(31-5)33-14-6(2-20)32-16(13(27)11(14)25)30-3-7-9(23)15(28)18(29,4-21)34-7/h5-17,19-29H,1-4H2/t5-,6?,7+,8+,9-,10?,11+,12?,13?,14+,15?,16-,17?,18+/m0/s1. The molecule has 0 bridgehead atoms. The largest absolute Gasteiger partial charge is 0.394 e. The first-order chi connectivity index (χ1) is 16.0. The van der Waals surface area contributed by atoms with Gasteiger partial charge in [-0.25, -0.2) is 0 Å². The maximum absolute atomic E-state index is 10.5. The van der Waals surface area contributed by atoms with E-state index in [1.54, 1.807) is 0 Å². The molecule has 0 aromatic rings. The van der Waals surface area contributed by atoms with Crippen molar-refractivity contribution in [3.05, 3.63) is 0 Å². The van der Waals surface area contributed by atoms with Crippen LogP contribution < -0.4 is 0 Å². The van der Waals surface area contributed by atoms with E-state index in [4.69, 9.17) is 28.8 Å². The zero-order valence-electron chi connectivity index (χ0n) is 17.8. The number of hydrogen-bond acceptors (Lipinski definition) is 16. The predicted molar refractivity (Wildman–Crippen MR) is 101 cm³/mol. The van der Waals surface area contributed by atoms with Gasteiger partial charge < -0.3 is 79.9 Å². The van der Waals surface area contributed by atoms with Crippen molar-refractivity contribution in [2.75, 3.05) is 26.4 Å². The Hall–Kier alpha value is -0.640. The second kappa shape index (κ2) is 11.2. The summed E-state index contributed by atoms with van der Waals surface area (Å²) < 4.78 is 26.3. The van der Waals surface area contributed by atoms with Gasteiger partial charge in [0.25, 0.3) is 0 Å². The molecule has 34 heavy (non-hydrogen) atoms. The van der Waals surface area contributed by atoms with Crippen molar-refractivity contribution in [1.82, 2.24) is 0 Å². The first-order valence-corrected chi connectivity index (χ1v) is 10.6. The van der Waals surface area contributed by atoms with Crippen molar-refractivity contribution in [3.63, 3.8) is 0 Å². The summed E-state index contributed by atoms with van der Waals surface area (Å²) in [5.74, 6) is -2.43. The van der Waals surface area contributed by atoms with Crippen LogP contribution in [0.3, 0.4) is 0 Å². The monoisotopic (exact) mass is 504 g/mol. The van der Waals surface area contributed by atoms with Crippen LogP contribution in [0, 0.1) is 0 Å². The smallest absolute Gasteiger partial charge is 0.219 e. The third-order valence-corrected chi connectivity index (χ3v) is 6.13. The van der Waals surface area contributed by atoms with Crippen LogP contribution in [0.2, 0.25) is 0 Å². The van der Waals surface area contributed by atoms with Crippen molar-refractivity contribution < 1.29 is 79.9 Å². The van der Waals surface area contributed by atoms with E-state index in [-0.39, 0.29) is 0 Å². The highest BCUT2D eigenvalue weighted by atomic mass is 16.7. The molecule has 0 aliphatic carbocycles. The SMILES string of the molecule is OCC1O[C@H](OC[C@H]2O[C@](O)(CO)C(O)[C@H]2O)C(O)[C@@H](O)[C@@H]1OC1O[C@@H](CO)[C@@H](O)C(O)C1O. The Balaban J connectivity index is 1.63. The van der Waals surface area contributed by atoms with Crippen molar-refractivity contribution in [2.45, 2.75) is 85.5 Å². The summed E-state index contributed by atoms with van der Waals surface area (Å²) in [7, 11) is 0. The first kappa shape index (κ1) is 27.9. The molecule has 0 aromatic heterocycles. The average molecular weight is 504 g/mol. The van der Waals surface area contributed by atoms with Crippen LogP contribution in [0.1, 0.15) is 0 Å². The molecule has 0 saturated carbocycles. The second-order valence-electron chi connectivity index (χ2n) is 8.43. The van der Waals surface area contributed by atoms with Gasteiger partial charge in [-0.3, -0.25) is 0 Å². The van der Waals surface area contributed by atoms with E-state index in [9.17, 15) is 51.1 Å². The van der Waals surface area contributed by atoms with Crippen LogP contribution in [0.25, 0.3) is 0 Å². The third-order valence-electron chi connectivity index (χ3n) is 6.13. The van der Waals surface area contributed by atoms with Gasteiger partial charge in [-0.2, -0.15) is 0 Å². The molecule has 3 saturated heterocycles. The van der Waals surface area contributed by atoms with E-state index in [1.807, 2.05) is 0 Å². The van der Waals surface area contributed by atoms with Gasteiger partial charge in [-0.05, 0) is 0 Å². The highest BCUT2D eigenvalue weighted by Gasteiger charge is 2.54. The summed E-state index contributed by atoms with van der Waals surface area (Å²) in [6.45, 7) is -3.11. The van der Waals surface area contributed by atoms with Gasteiger partial charge in [-0.1, -0.05) is 0 Å². The maximum Gasteiger partial charge on any atom is 0.219 e. The summed E-state index contributed by atoms with van der Waals surface area (Å²) in [5, 5.41) is 109. The lowest BCUT2D eigenvalue weighted by molar-refractivity contribution is -0.361. The average Bonchev–Trinajstić information content (AvgIpc) is 3.05. The van der Waals surface area contributed by atoms with Crippen LogP contribution in [0.4, 0.5) is 0 Å². The van der Waals surface area contributed by atoms with Crippen molar-refractivity contribution in [2.24, 2.45) is 0 Å². The quantitative estimate of drug-likeness (QED) is 0.146. The minimum absolute atomic E-state index is 0.578. The van der Waals surface area contributed by atoms with Crippen molar-refractivity contribution in [1.29, 1.82) is 0 Å². The normalized spacial score (nSPS) is 52.1. The van der Waals surface area contributed by atoms with E-state index in [0.717, 1.165) is 0 Å². The molecule has 3 aliphatic rings. The number of aliphatic hydroxyl groups is 11. The Morgan fingerprint density at radius 1 is 0.647 bits per heavy atom. The minimum atomic E-state index is -2.43. The number of aliphatic hydroxyl groups excluding tert-OH is 10. The molecule has 0 spiro atoms. The molecule has 0 amide bonds. The molecule has 16 heteroatoms. The zero-order valence-corrected chi connectivity index (χ0v) is 17.8. The fourth-order valence-electron chi connectivity index (χ4n) is 4.02. The van der Waals surface area contributed by atoms with Crippen LogP contribution in [0.15, 0.2) is 0 Å². The van der Waals surface area contributed by atoms with Gasteiger partial charge in [0.2, 0.25) is 5.79 Å². The molecule has 3 heterocycles. The van der Waals surface area contributed by atoms with Crippen molar-refractivity contribution >= 4 is 0 Å². The number of ether oxygens (including phenoxy) is 5. The summed E-state index contributed by atoms with van der Waals surface area (Å²) in [5.41, 5.74) is 0. The summed E-state index contributed by atoms with van der Waals surface area (Å²) in [6, 6.07) is 0. The van der Waals surface area contributed by atoms with Gasteiger partial charge in [0.15, 0.2) is 12.6 Å². The lowest BCUT2D eigenvalue weighted by Gasteiger charge is -2.46. The predicted octanol–water partition coefficient (Wildman–Crippen LogP) is -7.57. The lowest BCUT2D eigenvalue weighted by Crippen LogP contribution is -2.64. The van der Waals surface area contributed by atoms with Crippen LogP contribution in [-0.2, 0) is 23.7 Å². The number of rotatable bonds is 8. The highest BCUT2D eigenvalue weighted by Crippen LogP contribution is 2.32. The Labute approximate surface area is 192 Å². The molecule has 3 fully saturated rings. The van der Waals surface area contributed by atoms with Gasteiger partial charge in [0.1, 0.15) is 67.1 Å².